The first kappa shape index (κ1) is 18.0. The predicted molar refractivity (Wildman–Crippen MR) is 92.9 cm³/mol. The number of amides is 2. The zero-order valence-electron chi connectivity index (χ0n) is 14.8. The molecule has 1 aliphatic carbocycles. The lowest BCUT2D eigenvalue weighted by atomic mass is 9.82. The molecule has 2 aliphatic rings. The minimum atomic E-state index is -0.307. The second kappa shape index (κ2) is 8.52. The second-order valence-electron chi connectivity index (χ2n) is 7.19. The van der Waals surface area contributed by atoms with Crippen molar-refractivity contribution in [3.8, 4) is 5.75 Å². The smallest absolute Gasteiger partial charge is 0.314 e. The summed E-state index contributed by atoms with van der Waals surface area (Å²) in [5.74, 6) is 1.72. The van der Waals surface area contributed by atoms with Crippen LogP contribution < -0.4 is 15.4 Å². The highest BCUT2D eigenvalue weighted by Crippen LogP contribution is 2.30. The topological polar surface area (TPSA) is 59.6 Å². The summed E-state index contributed by atoms with van der Waals surface area (Å²) in [4.78, 5) is 12.0. The molecule has 0 saturated heterocycles. The molecule has 2 amide bonds. The van der Waals surface area contributed by atoms with Crippen LogP contribution in [0, 0.1) is 17.7 Å². The van der Waals surface area contributed by atoms with E-state index in [2.05, 4.69) is 17.6 Å². The average Bonchev–Trinajstić information content (AvgIpc) is 2.60. The Bertz CT molecular complexity index is 609. The number of urea groups is 1. The van der Waals surface area contributed by atoms with Crippen LogP contribution in [0.4, 0.5) is 9.18 Å². The van der Waals surface area contributed by atoms with Crippen LogP contribution in [0.2, 0.25) is 0 Å². The zero-order chi connectivity index (χ0) is 17.6. The summed E-state index contributed by atoms with van der Waals surface area (Å²) in [7, 11) is 0. The van der Waals surface area contributed by atoms with Gasteiger partial charge in [-0.2, -0.15) is 0 Å². The molecule has 2 N–H and O–H groups in total. The van der Waals surface area contributed by atoms with E-state index in [9.17, 15) is 9.18 Å². The summed E-state index contributed by atoms with van der Waals surface area (Å²) >= 11 is 0. The fourth-order valence-electron chi connectivity index (χ4n) is 3.80. The van der Waals surface area contributed by atoms with Crippen molar-refractivity contribution in [2.75, 3.05) is 19.9 Å². The number of hydrogen-bond acceptors (Lipinski definition) is 3. The summed E-state index contributed by atoms with van der Waals surface area (Å²) < 4.78 is 24.4. The normalized spacial score (nSPS) is 22.6. The summed E-state index contributed by atoms with van der Waals surface area (Å²) in [6.45, 7) is 3.98. The third kappa shape index (κ3) is 5.08. The van der Waals surface area contributed by atoms with Crippen LogP contribution >= 0.6 is 0 Å². The van der Waals surface area contributed by atoms with Crippen molar-refractivity contribution in [3.63, 3.8) is 0 Å². The van der Waals surface area contributed by atoms with Crippen LogP contribution in [-0.4, -0.2) is 25.9 Å². The van der Waals surface area contributed by atoms with Crippen LogP contribution in [0.5, 0.6) is 5.75 Å². The van der Waals surface area contributed by atoms with Gasteiger partial charge >= 0.3 is 6.03 Å². The molecule has 1 aliphatic heterocycles. The van der Waals surface area contributed by atoms with Crippen LogP contribution in [0.15, 0.2) is 12.1 Å². The van der Waals surface area contributed by atoms with Gasteiger partial charge < -0.3 is 20.1 Å². The summed E-state index contributed by atoms with van der Waals surface area (Å²) in [6.07, 6.45) is 5.46. The Kier molecular flexibility index (Phi) is 6.13. The molecule has 138 valence electrons. The highest BCUT2D eigenvalue weighted by atomic mass is 19.1. The van der Waals surface area contributed by atoms with Gasteiger partial charge in [-0.05, 0) is 48.8 Å². The van der Waals surface area contributed by atoms with E-state index < -0.39 is 0 Å². The lowest BCUT2D eigenvalue weighted by molar-refractivity contribution is -0.0172. The van der Waals surface area contributed by atoms with E-state index in [0.29, 0.717) is 31.2 Å². The Morgan fingerprint density at radius 2 is 2.20 bits per heavy atom. The first-order valence-corrected chi connectivity index (χ1v) is 9.15. The lowest BCUT2D eigenvalue weighted by Gasteiger charge is -2.26. The summed E-state index contributed by atoms with van der Waals surface area (Å²) in [5.41, 5.74) is 1.48. The standard InChI is InChI=1S/C19H27FN2O3/c1-13-3-2-4-14(7-13)10-22-19(23)21-6-5-15-8-17(20)9-16-11-24-12-25-18(15)16/h8-9,13-14H,2-7,10-12H2,1H3,(H2,21,22,23). The van der Waals surface area contributed by atoms with Crippen LogP contribution in [0.3, 0.4) is 0 Å². The van der Waals surface area contributed by atoms with Crippen molar-refractivity contribution >= 4 is 6.03 Å². The molecule has 0 spiro atoms. The van der Waals surface area contributed by atoms with Gasteiger partial charge in [-0.15, -0.1) is 0 Å². The van der Waals surface area contributed by atoms with Crippen LogP contribution in [0.25, 0.3) is 0 Å². The molecule has 5 nitrogen and oxygen atoms in total. The van der Waals surface area contributed by atoms with Crippen LogP contribution in [0.1, 0.15) is 43.7 Å². The molecular formula is C19H27FN2O3. The molecule has 1 heterocycles. The number of benzene rings is 1. The van der Waals surface area contributed by atoms with E-state index >= 15 is 0 Å². The Morgan fingerprint density at radius 3 is 3.04 bits per heavy atom. The average molecular weight is 350 g/mol. The Labute approximate surface area is 148 Å². The largest absolute Gasteiger partial charge is 0.467 e. The molecule has 0 bridgehead atoms. The molecule has 2 atom stereocenters. The molecule has 2 unspecified atom stereocenters. The number of ether oxygens (including phenoxy) is 2. The SMILES string of the molecule is CC1CCCC(CNC(=O)NCCc2cc(F)cc3c2OCOC3)C1. The second-order valence-corrected chi connectivity index (χ2v) is 7.19. The van der Waals surface area contributed by atoms with Gasteiger partial charge in [0.15, 0.2) is 6.79 Å². The number of hydrogen-bond donors (Lipinski definition) is 2. The van der Waals surface area contributed by atoms with Gasteiger partial charge in [-0.1, -0.05) is 19.8 Å². The fraction of sp³-hybridized carbons (Fsp3) is 0.632. The van der Waals surface area contributed by atoms with Gasteiger partial charge in [0.2, 0.25) is 0 Å². The summed E-state index contributed by atoms with van der Waals surface area (Å²) in [6, 6.07) is 2.74. The highest BCUT2D eigenvalue weighted by molar-refractivity contribution is 5.73. The molecule has 1 fully saturated rings. The van der Waals surface area contributed by atoms with E-state index in [0.717, 1.165) is 23.6 Å². The number of carbonyl (C=O) groups excluding carboxylic acids is 1. The molecule has 6 heteroatoms. The maximum atomic E-state index is 13.7. The van der Waals surface area contributed by atoms with E-state index in [4.69, 9.17) is 9.47 Å². The monoisotopic (exact) mass is 350 g/mol. The number of rotatable bonds is 5. The number of fused-ring (bicyclic) bond motifs is 1. The molecule has 1 saturated carbocycles. The van der Waals surface area contributed by atoms with Crippen LogP contribution in [-0.2, 0) is 17.8 Å². The third-order valence-electron chi connectivity index (χ3n) is 5.03. The van der Waals surface area contributed by atoms with Crippen molar-refractivity contribution in [1.82, 2.24) is 10.6 Å². The Balaban J connectivity index is 1.43. The molecule has 0 aromatic heterocycles. The molecule has 0 radical (unpaired) electrons. The molecule has 1 aromatic carbocycles. The molecule has 25 heavy (non-hydrogen) atoms. The van der Waals surface area contributed by atoms with Gasteiger partial charge in [0.05, 0.1) is 6.61 Å². The highest BCUT2D eigenvalue weighted by Gasteiger charge is 2.19. The van der Waals surface area contributed by atoms with Crippen molar-refractivity contribution < 1.29 is 18.7 Å². The minimum Gasteiger partial charge on any atom is -0.467 e. The first-order chi connectivity index (χ1) is 12.1. The number of nitrogens with one attached hydrogen (secondary N) is 2. The number of halogens is 1. The maximum absolute atomic E-state index is 13.7. The Morgan fingerprint density at radius 1 is 1.32 bits per heavy atom. The molecule has 1 aromatic rings. The van der Waals surface area contributed by atoms with Gasteiger partial charge in [0.25, 0.3) is 0 Å². The maximum Gasteiger partial charge on any atom is 0.314 e. The van der Waals surface area contributed by atoms with Gasteiger partial charge in [0.1, 0.15) is 11.6 Å². The lowest BCUT2D eigenvalue weighted by Crippen LogP contribution is -2.39. The summed E-state index contributed by atoms with van der Waals surface area (Å²) in [5, 5.41) is 5.81. The van der Waals surface area contributed by atoms with Gasteiger partial charge in [-0.3, -0.25) is 0 Å². The first-order valence-electron chi connectivity index (χ1n) is 9.15. The predicted octanol–water partition coefficient (Wildman–Crippen LogP) is 3.36. The van der Waals surface area contributed by atoms with E-state index in [1.165, 1.54) is 37.8 Å². The zero-order valence-corrected chi connectivity index (χ0v) is 14.8. The number of carbonyl (C=O) groups is 1. The minimum absolute atomic E-state index is 0.159. The van der Waals surface area contributed by atoms with Gasteiger partial charge in [0, 0.05) is 18.7 Å². The quantitative estimate of drug-likeness (QED) is 0.856. The van der Waals surface area contributed by atoms with Crippen molar-refractivity contribution in [1.29, 1.82) is 0 Å². The van der Waals surface area contributed by atoms with E-state index in [-0.39, 0.29) is 18.6 Å². The van der Waals surface area contributed by atoms with Gasteiger partial charge in [-0.25, -0.2) is 9.18 Å². The third-order valence-corrected chi connectivity index (χ3v) is 5.03. The van der Waals surface area contributed by atoms with E-state index in [1.807, 2.05) is 0 Å². The van der Waals surface area contributed by atoms with Crippen molar-refractivity contribution in [2.24, 2.45) is 11.8 Å². The van der Waals surface area contributed by atoms with Crippen molar-refractivity contribution in [3.05, 3.63) is 29.1 Å². The van der Waals surface area contributed by atoms with Crippen molar-refractivity contribution in [2.45, 2.75) is 45.6 Å². The Hall–Kier alpha value is -1.82. The fourth-order valence-corrected chi connectivity index (χ4v) is 3.80. The van der Waals surface area contributed by atoms with E-state index in [1.54, 1.807) is 0 Å². The molecule has 3 rings (SSSR count). The molecular weight excluding hydrogens is 323 g/mol.